The smallest absolute Gasteiger partial charge is 0.197 e. The van der Waals surface area contributed by atoms with Crippen LogP contribution in [0.3, 0.4) is 0 Å². The van der Waals surface area contributed by atoms with Gasteiger partial charge in [0, 0.05) is 16.0 Å². The van der Waals surface area contributed by atoms with Crippen LogP contribution in [0.15, 0.2) is 52.9 Å². The second-order valence-corrected chi connectivity index (χ2v) is 4.80. The van der Waals surface area contributed by atoms with Crippen LogP contribution in [-0.4, -0.2) is 5.78 Å². The van der Waals surface area contributed by atoms with Crippen LogP contribution in [-0.2, 0) is 0 Å². The van der Waals surface area contributed by atoms with E-state index in [1.54, 1.807) is 24.3 Å². The van der Waals surface area contributed by atoms with Crippen molar-refractivity contribution in [3.8, 4) is 0 Å². The van der Waals surface area contributed by atoms with Crippen LogP contribution in [0.25, 0.3) is 11.0 Å². The van der Waals surface area contributed by atoms with E-state index in [1.165, 1.54) is 0 Å². The highest BCUT2D eigenvalue weighted by molar-refractivity contribution is 6.30. The number of rotatable bonds is 2. The number of carbonyl (C=O) groups is 1. The molecule has 2 aromatic carbocycles. The van der Waals surface area contributed by atoms with Crippen molar-refractivity contribution in [2.45, 2.75) is 6.92 Å². The zero-order valence-corrected chi connectivity index (χ0v) is 11.1. The van der Waals surface area contributed by atoms with E-state index >= 15 is 0 Å². The second kappa shape index (κ2) is 4.56. The number of furan rings is 1. The molecule has 0 aliphatic rings. The lowest BCUT2D eigenvalue weighted by atomic mass is 10.0. The Kier molecular flexibility index (Phi) is 2.88. The van der Waals surface area contributed by atoms with Gasteiger partial charge in [-0.3, -0.25) is 4.79 Å². The molecule has 0 aliphatic carbocycles. The lowest BCUT2D eigenvalue weighted by Gasteiger charge is -2.00. The number of hydrogen-bond donors (Lipinski definition) is 0. The van der Waals surface area contributed by atoms with E-state index in [0.29, 0.717) is 21.9 Å². The molecule has 0 aliphatic heterocycles. The van der Waals surface area contributed by atoms with Gasteiger partial charge in [0.25, 0.3) is 0 Å². The first-order valence-corrected chi connectivity index (χ1v) is 6.33. The lowest BCUT2D eigenvalue weighted by Crippen LogP contribution is -2.01. The predicted octanol–water partition coefficient (Wildman–Crippen LogP) is 4.63. The van der Waals surface area contributed by atoms with Gasteiger partial charge in [-0.2, -0.15) is 0 Å². The number of carbonyl (C=O) groups excluding carboxylic acids is 1. The molecule has 0 fully saturated rings. The molecule has 0 saturated carbocycles. The average Bonchev–Trinajstić information content (AvgIpc) is 2.74. The van der Waals surface area contributed by atoms with Crippen molar-refractivity contribution in [2.75, 3.05) is 0 Å². The zero-order chi connectivity index (χ0) is 13.4. The highest BCUT2D eigenvalue weighted by atomic mass is 35.5. The number of fused-ring (bicyclic) bond motifs is 1. The van der Waals surface area contributed by atoms with Gasteiger partial charge in [-0.1, -0.05) is 29.8 Å². The topological polar surface area (TPSA) is 30.2 Å². The van der Waals surface area contributed by atoms with Crippen molar-refractivity contribution in [3.63, 3.8) is 0 Å². The van der Waals surface area contributed by atoms with Crippen LogP contribution < -0.4 is 0 Å². The van der Waals surface area contributed by atoms with E-state index < -0.39 is 0 Å². The fourth-order valence-electron chi connectivity index (χ4n) is 2.20. The maximum atomic E-state index is 12.6. The number of halogens is 1. The van der Waals surface area contributed by atoms with Gasteiger partial charge in [0.05, 0.1) is 5.56 Å². The summed E-state index contributed by atoms with van der Waals surface area (Å²) in [5.74, 6) is 0.597. The molecular formula is C16H11ClO2. The van der Waals surface area contributed by atoms with Gasteiger partial charge in [0.2, 0.25) is 0 Å². The van der Waals surface area contributed by atoms with Gasteiger partial charge >= 0.3 is 0 Å². The SMILES string of the molecule is Cc1oc2ccccc2c1C(=O)c1ccc(Cl)cc1. The monoisotopic (exact) mass is 270 g/mol. The van der Waals surface area contributed by atoms with Crippen LogP contribution in [0.1, 0.15) is 21.7 Å². The molecule has 1 heterocycles. The van der Waals surface area contributed by atoms with E-state index in [-0.39, 0.29) is 5.78 Å². The fourth-order valence-corrected chi connectivity index (χ4v) is 2.32. The molecule has 3 heteroatoms. The molecule has 0 spiro atoms. The van der Waals surface area contributed by atoms with Crippen molar-refractivity contribution in [3.05, 3.63) is 70.4 Å². The average molecular weight is 271 g/mol. The number of benzene rings is 2. The van der Waals surface area contributed by atoms with Gasteiger partial charge in [-0.05, 0) is 37.3 Å². The van der Waals surface area contributed by atoms with Crippen molar-refractivity contribution in [1.82, 2.24) is 0 Å². The third-order valence-corrected chi connectivity index (χ3v) is 3.36. The van der Waals surface area contributed by atoms with Crippen molar-refractivity contribution in [2.24, 2.45) is 0 Å². The number of para-hydroxylation sites is 1. The molecular weight excluding hydrogens is 260 g/mol. The largest absolute Gasteiger partial charge is 0.461 e. The van der Waals surface area contributed by atoms with Gasteiger partial charge < -0.3 is 4.42 Å². The maximum absolute atomic E-state index is 12.6. The summed E-state index contributed by atoms with van der Waals surface area (Å²) in [6.45, 7) is 1.81. The Balaban J connectivity index is 2.16. The Labute approximate surface area is 115 Å². The number of aryl methyl sites for hydroxylation is 1. The molecule has 0 saturated heterocycles. The van der Waals surface area contributed by atoms with E-state index in [1.807, 2.05) is 31.2 Å². The molecule has 3 rings (SSSR count). The van der Waals surface area contributed by atoms with E-state index in [2.05, 4.69) is 0 Å². The molecule has 19 heavy (non-hydrogen) atoms. The third-order valence-electron chi connectivity index (χ3n) is 3.10. The molecule has 0 unspecified atom stereocenters. The van der Waals surface area contributed by atoms with Crippen molar-refractivity contribution >= 4 is 28.4 Å². The molecule has 0 radical (unpaired) electrons. The van der Waals surface area contributed by atoms with E-state index in [0.717, 1.165) is 11.0 Å². The molecule has 0 bridgehead atoms. The normalized spacial score (nSPS) is 10.8. The summed E-state index contributed by atoms with van der Waals surface area (Å²) in [5.41, 5.74) is 1.97. The van der Waals surface area contributed by atoms with E-state index in [4.69, 9.17) is 16.0 Å². The van der Waals surface area contributed by atoms with Gasteiger partial charge in [0.1, 0.15) is 11.3 Å². The van der Waals surface area contributed by atoms with Gasteiger partial charge in [-0.25, -0.2) is 0 Å². The van der Waals surface area contributed by atoms with Gasteiger partial charge in [-0.15, -0.1) is 0 Å². The zero-order valence-electron chi connectivity index (χ0n) is 10.3. The third kappa shape index (κ3) is 2.04. The fraction of sp³-hybridized carbons (Fsp3) is 0.0625. The second-order valence-electron chi connectivity index (χ2n) is 4.37. The summed E-state index contributed by atoms with van der Waals surface area (Å²) in [4.78, 5) is 12.6. The molecule has 1 aromatic heterocycles. The highest BCUT2D eigenvalue weighted by Gasteiger charge is 2.19. The minimum absolute atomic E-state index is 0.0425. The van der Waals surface area contributed by atoms with Crippen LogP contribution in [0, 0.1) is 6.92 Å². The standard InChI is InChI=1S/C16H11ClO2/c1-10-15(13-4-2-3-5-14(13)19-10)16(18)11-6-8-12(17)9-7-11/h2-9H,1H3. The summed E-state index contributed by atoms with van der Waals surface area (Å²) in [7, 11) is 0. The summed E-state index contributed by atoms with van der Waals surface area (Å²) >= 11 is 5.84. The minimum atomic E-state index is -0.0425. The van der Waals surface area contributed by atoms with Crippen LogP contribution in [0.2, 0.25) is 5.02 Å². The Morgan fingerprint density at radius 2 is 1.74 bits per heavy atom. The molecule has 94 valence electrons. The maximum Gasteiger partial charge on any atom is 0.197 e. The first kappa shape index (κ1) is 12.0. The Morgan fingerprint density at radius 1 is 1.05 bits per heavy atom. The molecule has 0 N–H and O–H groups in total. The minimum Gasteiger partial charge on any atom is -0.461 e. The first-order chi connectivity index (χ1) is 9.16. The van der Waals surface area contributed by atoms with Crippen LogP contribution in [0.4, 0.5) is 0 Å². The Bertz CT molecular complexity index is 754. The lowest BCUT2D eigenvalue weighted by molar-refractivity contribution is 0.103. The summed E-state index contributed by atoms with van der Waals surface area (Å²) in [6.07, 6.45) is 0. The molecule has 2 nitrogen and oxygen atoms in total. The first-order valence-electron chi connectivity index (χ1n) is 5.95. The predicted molar refractivity (Wildman–Crippen MR) is 75.8 cm³/mol. The van der Waals surface area contributed by atoms with Crippen LogP contribution in [0.5, 0.6) is 0 Å². The van der Waals surface area contributed by atoms with E-state index in [9.17, 15) is 4.79 Å². The van der Waals surface area contributed by atoms with Crippen molar-refractivity contribution in [1.29, 1.82) is 0 Å². The Hall–Kier alpha value is -2.06. The molecule has 0 atom stereocenters. The summed E-state index contributed by atoms with van der Waals surface area (Å²) in [5, 5.41) is 1.46. The number of ketones is 1. The number of hydrogen-bond acceptors (Lipinski definition) is 2. The quantitative estimate of drug-likeness (QED) is 0.636. The highest BCUT2D eigenvalue weighted by Crippen LogP contribution is 2.27. The summed E-state index contributed by atoms with van der Waals surface area (Å²) < 4.78 is 5.62. The summed E-state index contributed by atoms with van der Waals surface area (Å²) in [6, 6.07) is 14.4. The molecule has 0 amide bonds. The van der Waals surface area contributed by atoms with Crippen LogP contribution >= 0.6 is 11.6 Å². The van der Waals surface area contributed by atoms with Gasteiger partial charge in [0.15, 0.2) is 5.78 Å². The van der Waals surface area contributed by atoms with Crippen molar-refractivity contribution < 1.29 is 9.21 Å². The molecule has 3 aromatic rings. The Morgan fingerprint density at radius 3 is 2.47 bits per heavy atom.